The molecular formula is C19H32IN5O2S. The number of sulfonamides is 1. The third kappa shape index (κ3) is 6.30. The molecule has 158 valence electrons. The Labute approximate surface area is 186 Å². The van der Waals surface area contributed by atoms with Gasteiger partial charge in [0.25, 0.3) is 0 Å². The first kappa shape index (κ1) is 23.4. The van der Waals surface area contributed by atoms with Crippen LogP contribution in [0.1, 0.15) is 25.3 Å². The molecule has 2 heterocycles. The standard InChI is InChI=1S/C19H31N5O2S.HI/c1-16-13-18(15-23(16)14-17-7-4-3-5-8-17)22-19(20-2)21-9-11-24-10-6-12-27(24,25)26;/h3-5,7-8,16,18H,6,9-15H2,1-2H3,(H2,20,21,22);1H. The highest BCUT2D eigenvalue weighted by atomic mass is 127. The van der Waals surface area contributed by atoms with Crippen LogP contribution in [0, 0.1) is 0 Å². The first-order valence-electron chi connectivity index (χ1n) is 9.71. The second-order valence-electron chi connectivity index (χ2n) is 7.41. The average molecular weight is 521 g/mol. The summed E-state index contributed by atoms with van der Waals surface area (Å²) in [5, 5.41) is 6.74. The number of hydrogen-bond acceptors (Lipinski definition) is 4. The number of likely N-dealkylation sites (tertiary alicyclic amines) is 1. The van der Waals surface area contributed by atoms with E-state index in [4.69, 9.17) is 0 Å². The van der Waals surface area contributed by atoms with E-state index in [2.05, 4.69) is 51.7 Å². The van der Waals surface area contributed by atoms with Crippen LogP contribution >= 0.6 is 24.0 Å². The Morgan fingerprint density at radius 3 is 2.68 bits per heavy atom. The van der Waals surface area contributed by atoms with Crippen molar-refractivity contribution in [1.29, 1.82) is 0 Å². The molecule has 9 heteroatoms. The first-order chi connectivity index (χ1) is 13.0. The van der Waals surface area contributed by atoms with Crippen molar-refractivity contribution in [3.63, 3.8) is 0 Å². The summed E-state index contributed by atoms with van der Waals surface area (Å²) in [7, 11) is -1.28. The normalized spacial score (nSPS) is 25.4. The summed E-state index contributed by atoms with van der Waals surface area (Å²) in [4.78, 5) is 6.78. The molecule has 0 amide bonds. The molecule has 2 aliphatic heterocycles. The number of rotatable bonds is 6. The third-order valence-corrected chi connectivity index (χ3v) is 7.31. The lowest BCUT2D eigenvalue weighted by Crippen LogP contribution is -2.46. The van der Waals surface area contributed by atoms with Gasteiger partial charge in [-0.3, -0.25) is 9.89 Å². The molecule has 0 spiro atoms. The Morgan fingerprint density at radius 1 is 1.29 bits per heavy atom. The molecule has 0 aliphatic carbocycles. The fourth-order valence-electron chi connectivity index (χ4n) is 3.87. The molecule has 2 unspecified atom stereocenters. The van der Waals surface area contributed by atoms with Crippen molar-refractivity contribution in [2.24, 2.45) is 4.99 Å². The van der Waals surface area contributed by atoms with Gasteiger partial charge < -0.3 is 10.6 Å². The number of guanidine groups is 1. The number of nitrogens with zero attached hydrogens (tertiary/aromatic N) is 3. The molecule has 0 aromatic heterocycles. The SMILES string of the molecule is CN=C(NCCN1CCCS1(=O)=O)NC1CC(C)N(Cc2ccccc2)C1.I. The summed E-state index contributed by atoms with van der Waals surface area (Å²) in [5.74, 6) is 1.02. The number of halogens is 1. The van der Waals surface area contributed by atoms with Gasteiger partial charge in [-0.1, -0.05) is 30.3 Å². The van der Waals surface area contributed by atoms with E-state index >= 15 is 0 Å². The molecule has 1 aromatic carbocycles. The highest BCUT2D eigenvalue weighted by Gasteiger charge is 2.30. The summed E-state index contributed by atoms with van der Waals surface area (Å²) >= 11 is 0. The minimum atomic E-state index is -3.03. The average Bonchev–Trinajstić information content (AvgIpc) is 3.16. The molecular weight excluding hydrogens is 489 g/mol. The van der Waals surface area contributed by atoms with Crippen molar-refractivity contribution in [2.75, 3.05) is 39.0 Å². The molecule has 0 radical (unpaired) electrons. The molecule has 1 aromatic rings. The summed E-state index contributed by atoms with van der Waals surface area (Å²) < 4.78 is 25.3. The number of nitrogens with one attached hydrogen (secondary N) is 2. The van der Waals surface area contributed by atoms with Crippen LogP contribution in [0.4, 0.5) is 0 Å². The Balaban J connectivity index is 0.00000280. The van der Waals surface area contributed by atoms with Gasteiger partial charge in [-0.25, -0.2) is 12.7 Å². The van der Waals surface area contributed by atoms with E-state index in [-0.39, 0.29) is 29.7 Å². The van der Waals surface area contributed by atoms with E-state index in [0.29, 0.717) is 31.7 Å². The van der Waals surface area contributed by atoms with E-state index in [1.807, 2.05) is 6.07 Å². The predicted octanol–water partition coefficient (Wildman–Crippen LogP) is 1.47. The molecule has 2 aliphatic rings. The molecule has 2 fully saturated rings. The van der Waals surface area contributed by atoms with Crippen molar-refractivity contribution in [3.8, 4) is 0 Å². The van der Waals surface area contributed by atoms with Gasteiger partial charge in [0.2, 0.25) is 10.0 Å². The Bertz CT molecular complexity index is 744. The molecule has 2 saturated heterocycles. The van der Waals surface area contributed by atoms with Crippen LogP contribution in [-0.2, 0) is 16.6 Å². The monoisotopic (exact) mass is 521 g/mol. The highest BCUT2D eigenvalue weighted by molar-refractivity contribution is 14.0. The molecule has 28 heavy (non-hydrogen) atoms. The lowest BCUT2D eigenvalue weighted by Gasteiger charge is -2.21. The molecule has 2 atom stereocenters. The lowest BCUT2D eigenvalue weighted by atomic mass is 10.2. The van der Waals surface area contributed by atoms with Gasteiger partial charge in [0.15, 0.2) is 5.96 Å². The zero-order chi connectivity index (χ0) is 19.3. The topological polar surface area (TPSA) is 77.0 Å². The fraction of sp³-hybridized carbons (Fsp3) is 0.632. The van der Waals surface area contributed by atoms with Crippen LogP contribution < -0.4 is 10.6 Å². The molecule has 2 N–H and O–H groups in total. The Hall–Kier alpha value is -0.910. The van der Waals surface area contributed by atoms with Crippen LogP contribution in [0.15, 0.2) is 35.3 Å². The minimum Gasteiger partial charge on any atom is -0.355 e. The van der Waals surface area contributed by atoms with Crippen LogP contribution in [-0.4, -0.2) is 74.6 Å². The fourth-order valence-corrected chi connectivity index (χ4v) is 5.40. The second kappa shape index (κ2) is 10.7. The van der Waals surface area contributed by atoms with Gasteiger partial charge in [-0.2, -0.15) is 0 Å². The summed E-state index contributed by atoms with van der Waals surface area (Å²) in [5.41, 5.74) is 1.33. The van der Waals surface area contributed by atoms with Gasteiger partial charge in [-0.15, -0.1) is 24.0 Å². The molecule has 3 rings (SSSR count). The maximum Gasteiger partial charge on any atom is 0.214 e. The smallest absolute Gasteiger partial charge is 0.214 e. The van der Waals surface area contributed by atoms with Gasteiger partial charge in [0, 0.05) is 51.9 Å². The van der Waals surface area contributed by atoms with Crippen molar-refractivity contribution >= 4 is 40.0 Å². The van der Waals surface area contributed by atoms with Crippen molar-refractivity contribution < 1.29 is 8.42 Å². The van der Waals surface area contributed by atoms with Crippen molar-refractivity contribution in [1.82, 2.24) is 19.8 Å². The van der Waals surface area contributed by atoms with E-state index in [1.54, 1.807) is 11.4 Å². The van der Waals surface area contributed by atoms with E-state index in [1.165, 1.54) is 5.56 Å². The minimum absolute atomic E-state index is 0. The number of benzene rings is 1. The predicted molar refractivity (Wildman–Crippen MR) is 125 cm³/mol. The summed E-state index contributed by atoms with van der Waals surface area (Å²) in [6.45, 7) is 5.87. The van der Waals surface area contributed by atoms with Crippen molar-refractivity contribution in [3.05, 3.63) is 35.9 Å². The van der Waals surface area contributed by atoms with Crippen LogP contribution in [0.5, 0.6) is 0 Å². The Morgan fingerprint density at radius 2 is 2.04 bits per heavy atom. The van der Waals surface area contributed by atoms with E-state index < -0.39 is 10.0 Å². The number of aliphatic imine (C=N–C) groups is 1. The molecule has 0 saturated carbocycles. The third-order valence-electron chi connectivity index (χ3n) is 5.35. The quantitative estimate of drug-likeness (QED) is 0.337. The Kier molecular flexibility index (Phi) is 8.97. The lowest BCUT2D eigenvalue weighted by molar-refractivity contribution is 0.258. The molecule has 0 bridgehead atoms. The largest absolute Gasteiger partial charge is 0.355 e. The van der Waals surface area contributed by atoms with Gasteiger partial charge in [-0.05, 0) is 25.3 Å². The highest BCUT2D eigenvalue weighted by Crippen LogP contribution is 2.20. The summed E-state index contributed by atoms with van der Waals surface area (Å²) in [6, 6.07) is 11.4. The second-order valence-corrected chi connectivity index (χ2v) is 9.50. The molecule has 7 nitrogen and oxygen atoms in total. The maximum absolute atomic E-state index is 11.9. The van der Waals surface area contributed by atoms with Crippen LogP contribution in [0.2, 0.25) is 0 Å². The van der Waals surface area contributed by atoms with Gasteiger partial charge >= 0.3 is 0 Å². The summed E-state index contributed by atoms with van der Waals surface area (Å²) in [6.07, 6.45) is 1.79. The van der Waals surface area contributed by atoms with E-state index in [0.717, 1.165) is 31.9 Å². The van der Waals surface area contributed by atoms with E-state index in [9.17, 15) is 8.42 Å². The zero-order valence-electron chi connectivity index (χ0n) is 16.7. The van der Waals surface area contributed by atoms with Gasteiger partial charge in [0.05, 0.1) is 5.75 Å². The van der Waals surface area contributed by atoms with Crippen molar-refractivity contribution in [2.45, 2.75) is 38.4 Å². The first-order valence-corrected chi connectivity index (χ1v) is 11.3. The number of hydrogen-bond donors (Lipinski definition) is 2. The zero-order valence-corrected chi connectivity index (χ0v) is 19.8. The van der Waals surface area contributed by atoms with Crippen LogP contribution in [0.3, 0.4) is 0 Å². The van der Waals surface area contributed by atoms with Crippen LogP contribution in [0.25, 0.3) is 0 Å². The van der Waals surface area contributed by atoms with Gasteiger partial charge in [0.1, 0.15) is 0 Å². The maximum atomic E-state index is 11.9.